The SMILES string of the molecule is CN=C(NCC1(S(C)(=O)=O)CCOCC1)N(C)Cc1ccc(Cl)s1.I. The van der Waals surface area contributed by atoms with E-state index in [1.807, 2.05) is 24.1 Å². The van der Waals surface area contributed by atoms with Crippen LogP contribution in [0.4, 0.5) is 0 Å². The molecule has 2 heterocycles. The van der Waals surface area contributed by atoms with Gasteiger partial charge in [-0.25, -0.2) is 8.42 Å². The molecule has 0 radical (unpaired) electrons. The fraction of sp³-hybridized carbons (Fsp3) is 0.667. The third-order valence-electron chi connectivity index (χ3n) is 4.35. The molecule has 1 aliphatic heterocycles. The van der Waals surface area contributed by atoms with Crippen molar-refractivity contribution in [3.63, 3.8) is 0 Å². The number of rotatable bonds is 5. The van der Waals surface area contributed by atoms with Crippen molar-refractivity contribution in [1.82, 2.24) is 10.2 Å². The maximum Gasteiger partial charge on any atom is 0.193 e. The molecule has 25 heavy (non-hydrogen) atoms. The van der Waals surface area contributed by atoms with Crippen molar-refractivity contribution < 1.29 is 13.2 Å². The number of guanidine groups is 1. The number of nitrogens with one attached hydrogen (secondary N) is 1. The first-order valence-electron chi connectivity index (χ1n) is 7.71. The minimum Gasteiger partial charge on any atom is -0.381 e. The van der Waals surface area contributed by atoms with Crippen molar-refractivity contribution in [3.05, 3.63) is 21.3 Å². The standard InChI is InChI=1S/C15H24ClN3O3S2.HI/c1-17-14(19(2)10-12-4-5-13(16)23-12)18-11-15(24(3,20)21)6-8-22-9-7-15;/h4-5H,6-11H2,1-3H3,(H,17,18);1H. The highest BCUT2D eigenvalue weighted by Crippen LogP contribution is 2.28. The van der Waals surface area contributed by atoms with Crippen LogP contribution < -0.4 is 5.32 Å². The number of halogens is 2. The fourth-order valence-electron chi connectivity index (χ4n) is 2.79. The number of aliphatic imine (C=N–C) groups is 1. The smallest absolute Gasteiger partial charge is 0.193 e. The average Bonchev–Trinajstić information content (AvgIpc) is 2.92. The Morgan fingerprint density at radius 1 is 1.44 bits per heavy atom. The first kappa shape index (κ1) is 22.9. The lowest BCUT2D eigenvalue weighted by Gasteiger charge is -2.36. The first-order chi connectivity index (χ1) is 11.3. The molecule has 0 amide bonds. The Hall–Kier alpha value is -0.1000. The quantitative estimate of drug-likeness (QED) is 0.366. The Balaban J connectivity index is 0.00000312. The van der Waals surface area contributed by atoms with E-state index in [4.69, 9.17) is 16.3 Å². The van der Waals surface area contributed by atoms with Crippen LogP contribution in [0.25, 0.3) is 0 Å². The molecule has 1 fully saturated rings. The van der Waals surface area contributed by atoms with E-state index in [0.29, 0.717) is 45.1 Å². The number of hydrogen-bond donors (Lipinski definition) is 1. The number of thiophene rings is 1. The summed E-state index contributed by atoms with van der Waals surface area (Å²) in [5.74, 6) is 0.661. The summed E-state index contributed by atoms with van der Waals surface area (Å²) in [7, 11) is 0.404. The van der Waals surface area contributed by atoms with Gasteiger partial charge in [0.2, 0.25) is 0 Å². The summed E-state index contributed by atoms with van der Waals surface area (Å²) in [5.41, 5.74) is 0. The second kappa shape index (κ2) is 9.72. The van der Waals surface area contributed by atoms with E-state index < -0.39 is 14.6 Å². The van der Waals surface area contributed by atoms with E-state index in [1.54, 1.807) is 7.05 Å². The molecule has 0 saturated carbocycles. The summed E-state index contributed by atoms with van der Waals surface area (Å²) in [5, 5.41) is 3.23. The Bertz CT molecular complexity index is 688. The molecule has 1 saturated heterocycles. The maximum absolute atomic E-state index is 12.3. The molecule has 0 unspecified atom stereocenters. The summed E-state index contributed by atoms with van der Waals surface area (Å²) in [4.78, 5) is 7.34. The molecule has 6 nitrogen and oxygen atoms in total. The number of nitrogens with zero attached hydrogens (tertiary/aromatic N) is 2. The highest BCUT2D eigenvalue weighted by atomic mass is 127. The largest absolute Gasteiger partial charge is 0.381 e. The first-order valence-corrected chi connectivity index (χ1v) is 10.8. The van der Waals surface area contributed by atoms with Crippen LogP contribution in [0.15, 0.2) is 17.1 Å². The van der Waals surface area contributed by atoms with Crippen LogP contribution in [-0.4, -0.2) is 64.1 Å². The molecule has 0 aromatic carbocycles. The van der Waals surface area contributed by atoms with E-state index in [9.17, 15) is 8.42 Å². The number of ether oxygens (including phenoxy) is 1. The summed E-state index contributed by atoms with van der Waals surface area (Å²) in [6.45, 7) is 1.93. The van der Waals surface area contributed by atoms with E-state index in [0.717, 1.165) is 9.21 Å². The molecule has 1 aromatic heterocycles. The molecule has 10 heteroatoms. The molecule has 0 bridgehead atoms. The lowest BCUT2D eigenvalue weighted by molar-refractivity contribution is 0.0755. The van der Waals surface area contributed by atoms with Gasteiger partial charge in [0.25, 0.3) is 0 Å². The molecule has 0 atom stereocenters. The van der Waals surface area contributed by atoms with Crippen molar-refractivity contribution in [1.29, 1.82) is 0 Å². The number of hydrogen-bond acceptors (Lipinski definition) is 5. The third kappa shape index (κ3) is 5.95. The average molecular weight is 522 g/mol. The molecule has 144 valence electrons. The molecule has 2 rings (SSSR count). The Morgan fingerprint density at radius 2 is 2.08 bits per heavy atom. The zero-order valence-electron chi connectivity index (χ0n) is 14.6. The highest BCUT2D eigenvalue weighted by molar-refractivity contribution is 14.0. The third-order valence-corrected chi connectivity index (χ3v) is 7.70. The molecule has 0 spiro atoms. The van der Waals surface area contributed by atoms with Crippen LogP contribution in [0.3, 0.4) is 0 Å². The van der Waals surface area contributed by atoms with Gasteiger partial charge in [-0.05, 0) is 25.0 Å². The van der Waals surface area contributed by atoms with E-state index in [2.05, 4.69) is 10.3 Å². The van der Waals surface area contributed by atoms with Gasteiger partial charge in [0, 0.05) is 45.0 Å². The van der Waals surface area contributed by atoms with Crippen molar-refractivity contribution in [2.45, 2.75) is 24.1 Å². The lowest BCUT2D eigenvalue weighted by Crippen LogP contribution is -2.53. The maximum atomic E-state index is 12.3. The number of sulfone groups is 1. The van der Waals surface area contributed by atoms with Gasteiger partial charge in [-0.1, -0.05) is 11.6 Å². The molecule has 0 aliphatic carbocycles. The van der Waals surface area contributed by atoms with Crippen LogP contribution in [0.1, 0.15) is 17.7 Å². The normalized spacial score (nSPS) is 17.7. The molecule has 1 aromatic rings. The summed E-state index contributed by atoms with van der Waals surface area (Å²) < 4.78 is 29.9. The minimum atomic E-state index is -3.20. The van der Waals surface area contributed by atoms with Gasteiger partial charge in [0.15, 0.2) is 15.8 Å². The van der Waals surface area contributed by atoms with Gasteiger partial charge in [-0.15, -0.1) is 35.3 Å². The van der Waals surface area contributed by atoms with Crippen LogP contribution in [0, 0.1) is 0 Å². The Labute approximate surface area is 175 Å². The van der Waals surface area contributed by atoms with E-state index >= 15 is 0 Å². The van der Waals surface area contributed by atoms with E-state index in [-0.39, 0.29) is 24.0 Å². The van der Waals surface area contributed by atoms with Gasteiger partial charge in [0.05, 0.1) is 15.6 Å². The van der Waals surface area contributed by atoms with Gasteiger partial charge in [-0.2, -0.15) is 0 Å². The summed E-state index contributed by atoms with van der Waals surface area (Å²) in [6.07, 6.45) is 2.31. The lowest BCUT2D eigenvalue weighted by atomic mass is 9.99. The van der Waals surface area contributed by atoms with Crippen LogP contribution in [0.2, 0.25) is 4.34 Å². The molecular formula is C15H25ClIN3O3S2. The predicted molar refractivity (Wildman–Crippen MR) is 115 cm³/mol. The second-order valence-electron chi connectivity index (χ2n) is 6.03. The van der Waals surface area contributed by atoms with Crippen molar-refractivity contribution >= 4 is 62.7 Å². The monoisotopic (exact) mass is 521 g/mol. The van der Waals surface area contributed by atoms with Crippen molar-refractivity contribution in [2.24, 2.45) is 4.99 Å². The van der Waals surface area contributed by atoms with Crippen LogP contribution in [-0.2, 0) is 21.1 Å². The van der Waals surface area contributed by atoms with Crippen LogP contribution in [0.5, 0.6) is 0 Å². The Morgan fingerprint density at radius 3 is 2.56 bits per heavy atom. The summed E-state index contributed by atoms with van der Waals surface area (Å²) >= 11 is 7.49. The minimum absolute atomic E-state index is 0. The fourth-order valence-corrected chi connectivity index (χ4v) is 5.18. The molecule has 1 aliphatic rings. The molecule has 1 N–H and O–H groups in total. The van der Waals surface area contributed by atoms with Gasteiger partial charge >= 0.3 is 0 Å². The molecular weight excluding hydrogens is 497 g/mol. The highest BCUT2D eigenvalue weighted by Gasteiger charge is 2.42. The zero-order valence-corrected chi connectivity index (χ0v) is 19.3. The van der Waals surface area contributed by atoms with Gasteiger partial charge in [-0.3, -0.25) is 4.99 Å². The van der Waals surface area contributed by atoms with Gasteiger partial charge < -0.3 is 15.0 Å². The van der Waals surface area contributed by atoms with Gasteiger partial charge in [0.1, 0.15) is 0 Å². The van der Waals surface area contributed by atoms with Crippen molar-refractivity contribution in [2.75, 3.05) is 40.1 Å². The van der Waals surface area contributed by atoms with Crippen LogP contribution >= 0.6 is 46.9 Å². The summed E-state index contributed by atoms with van der Waals surface area (Å²) in [6, 6.07) is 3.85. The van der Waals surface area contributed by atoms with E-state index in [1.165, 1.54) is 17.6 Å². The van der Waals surface area contributed by atoms with Crippen molar-refractivity contribution in [3.8, 4) is 0 Å². The second-order valence-corrected chi connectivity index (χ2v) is 10.2. The predicted octanol–water partition coefficient (Wildman–Crippen LogP) is 2.62. The Kier molecular flexibility index (Phi) is 8.92. The topological polar surface area (TPSA) is 71.0 Å². The zero-order chi connectivity index (χ0) is 17.8.